The third kappa shape index (κ3) is 3.61. The summed E-state index contributed by atoms with van der Waals surface area (Å²) in [7, 11) is 0. The Kier molecular flexibility index (Phi) is 5.18. The summed E-state index contributed by atoms with van der Waals surface area (Å²) < 4.78 is 7.87. The second-order valence-corrected chi connectivity index (χ2v) is 4.77. The summed E-state index contributed by atoms with van der Waals surface area (Å²) >= 11 is 0. The SMILES string of the molecule is CCNC(C)c1ccc(OCc2nccn2CC)cc1. The number of imidazole rings is 1. The molecule has 0 radical (unpaired) electrons. The maximum atomic E-state index is 5.78. The predicted octanol–water partition coefficient (Wildman–Crippen LogP) is 3.15. The van der Waals surface area contributed by atoms with Crippen molar-refractivity contribution in [3.63, 3.8) is 0 Å². The van der Waals surface area contributed by atoms with Crippen LogP contribution in [-0.4, -0.2) is 16.1 Å². The van der Waals surface area contributed by atoms with Gasteiger partial charge < -0.3 is 14.6 Å². The Bertz CT molecular complexity index is 519. The van der Waals surface area contributed by atoms with Crippen LogP contribution in [0.25, 0.3) is 0 Å². The van der Waals surface area contributed by atoms with Crippen LogP contribution in [0.15, 0.2) is 36.7 Å². The Morgan fingerprint density at radius 2 is 2.00 bits per heavy atom. The minimum Gasteiger partial charge on any atom is -0.486 e. The van der Waals surface area contributed by atoms with Crippen molar-refractivity contribution < 1.29 is 4.74 Å². The molecule has 1 aromatic heterocycles. The largest absolute Gasteiger partial charge is 0.486 e. The molecule has 0 fully saturated rings. The zero-order chi connectivity index (χ0) is 14.4. The Labute approximate surface area is 120 Å². The Hall–Kier alpha value is -1.81. The van der Waals surface area contributed by atoms with Gasteiger partial charge in [0.2, 0.25) is 0 Å². The maximum Gasteiger partial charge on any atom is 0.146 e. The first-order valence-electron chi connectivity index (χ1n) is 7.20. The van der Waals surface area contributed by atoms with Crippen molar-refractivity contribution in [3.05, 3.63) is 48.0 Å². The maximum absolute atomic E-state index is 5.78. The van der Waals surface area contributed by atoms with Crippen molar-refractivity contribution in [3.8, 4) is 5.75 Å². The summed E-state index contributed by atoms with van der Waals surface area (Å²) in [5, 5.41) is 3.40. The van der Waals surface area contributed by atoms with E-state index in [1.54, 1.807) is 0 Å². The molecule has 0 spiro atoms. The molecule has 4 heteroatoms. The molecule has 1 N–H and O–H groups in total. The molecular formula is C16H23N3O. The summed E-state index contributed by atoms with van der Waals surface area (Å²) in [5.41, 5.74) is 1.27. The fraction of sp³-hybridized carbons (Fsp3) is 0.438. The van der Waals surface area contributed by atoms with Crippen LogP contribution < -0.4 is 10.1 Å². The second-order valence-electron chi connectivity index (χ2n) is 4.77. The summed E-state index contributed by atoms with van der Waals surface area (Å²) in [5.74, 6) is 1.83. The molecule has 0 aliphatic rings. The van der Waals surface area contributed by atoms with Crippen LogP contribution in [-0.2, 0) is 13.2 Å². The molecule has 2 aromatic rings. The number of hydrogen-bond donors (Lipinski definition) is 1. The molecule has 4 nitrogen and oxygen atoms in total. The molecule has 1 unspecified atom stereocenters. The lowest BCUT2D eigenvalue weighted by Gasteiger charge is -2.13. The van der Waals surface area contributed by atoms with Crippen LogP contribution >= 0.6 is 0 Å². The summed E-state index contributed by atoms with van der Waals surface area (Å²) in [6.45, 7) is 8.77. The van der Waals surface area contributed by atoms with Gasteiger partial charge in [-0.2, -0.15) is 0 Å². The van der Waals surface area contributed by atoms with E-state index in [1.807, 2.05) is 24.5 Å². The van der Waals surface area contributed by atoms with Crippen LogP contribution in [0.1, 0.15) is 38.2 Å². The number of rotatable bonds is 7. The standard InChI is InChI=1S/C16H23N3O/c1-4-17-13(3)14-6-8-15(9-7-14)20-12-16-18-10-11-19(16)5-2/h6-11,13,17H,4-5,12H2,1-3H3. The molecule has 0 saturated carbocycles. The highest BCUT2D eigenvalue weighted by Crippen LogP contribution is 2.18. The van der Waals surface area contributed by atoms with Crippen molar-refractivity contribution >= 4 is 0 Å². The van der Waals surface area contributed by atoms with Crippen LogP contribution in [0.4, 0.5) is 0 Å². The first-order chi connectivity index (χ1) is 9.74. The molecule has 1 atom stereocenters. The lowest BCUT2D eigenvalue weighted by Crippen LogP contribution is -2.17. The molecule has 20 heavy (non-hydrogen) atoms. The Balaban J connectivity index is 1.94. The predicted molar refractivity (Wildman–Crippen MR) is 80.8 cm³/mol. The molecule has 0 aliphatic carbocycles. The molecule has 1 heterocycles. The van der Waals surface area contributed by atoms with Crippen molar-refractivity contribution in [2.75, 3.05) is 6.54 Å². The van der Waals surface area contributed by atoms with Gasteiger partial charge in [-0.15, -0.1) is 0 Å². The number of ether oxygens (including phenoxy) is 1. The number of benzene rings is 1. The zero-order valence-electron chi connectivity index (χ0n) is 12.5. The van der Waals surface area contributed by atoms with E-state index in [2.05, 4.69) is 47.8 Å². The van der Waals surface area contributed by atoms with E-state index >= 15 is 0 Å². The number of nitrogens with one attached hydrogen (secondary N) is 1. The van der Waals surface area contributed by atoms with E-state index in [0.717, 1.165) is 24.7 Å². The van der Waals surface area contributed by atoms with E-state index in [1.165, 1.54) is 5.56 Å². The van der Waals surface area contributed by atoms with Crippen molar-refractivity contribution in [1.82, 2.24) is 14.9 Å². The second kappa shape index (κ2) is 7.10. The van der Waals surface area contributed by atoms with Gasteiger partial charge in [-0.3, -0.25) is 0 Å². The van der Waals surface area contributed by atoms with Gasteiger partial charge in [0.15, 0.2) is 0 Å². The fourth-order valence-corrected chi connectivity index (χ4v) is 2.19. The zero-order valence-corrected chi connectivity index (χ0v) is 12.5. The number of aromatic nitrogens is 2. The first kappa shape index (κ1) is 14.6. The lowest BCUT2D eigenvalue weighted by atomic mass is 10.1. The van der Waals surface area contributed by atoms with E-state index in [-0.39, 0.29) is 0 Å². The van der Waals surface area contributed by atoms with Gasteiger partial charge in [0.25, 0.3) is 0 Å². The van der Waals surface area contributed by atoms with Crippen molar-refractivity contribution in [1.29, 1.82) is 0 Å². The average Bonchev–Trinajstić information content (AvgIpc) is 2.93. The van der Waals surface area contributed by atoms with E-state index in [0.29, 0.717) is 12.6 Å². The molecular weight excluding hydrogens is 250 g/mol. The van der Waals surface area contributed by atoms with Gasteiger partial charge in [-0.25, -0.2) is 4.98 Å². The van der Waals surface area contributed by atoms with Crippen LogP contribution in [0.3, 0.4) is 0 Å². The van der Waals surface area contributed by atoms with Crippen molar-refractivity contribution in [2.24, 2.45) is 0 Å². The van der Waals surface area contributed by atoms with E-state index in [9.17, 15) is 0 Å². The third-order valence-electron chi connectivity index (χ3n) is 3.40. The van der Waals surface area contributed by atoms with Crippen LogP contribution in [0, 0.1) is 0 Å². The smallest absolute Gasteiger partial charge is 0.146 e. The van der Waals surface area contributed by atoms with E-state index in [4.69, 9.17) is 4.74 Å². The van der Waals surface area contributed by atoms with Gasteiger partial charge >= 0.3 is 0 Å². The fourth-order valence-electron chi connectivity index (χ4n) is 2.19. The molecule has 0 aliphatic heterocycles. The number of nitrogens with zero attached hydrogens (tertiary/aromatic N) is 2. The minimum atomic E-state index is 0.369. The molecule has 0 bridgehead atoms. The first-order valence-corrected chi connectivity index (χ1v) is 7.20. The Morgan fingerprint density at radius 1 is 1.25 bits per heavy atom. The lowest BCUT2D eigenvalue weighted by molar-refractivity contribution is 0.290. The molecule has 108 valence electrons. The number of hydrogen-bond acceptors (Lipinski definition) is 3. The molecule has 0 amide bonds. The van der Waals surface area contributed by atoms with Gasteiger partial charge in [0.1, 0.15) is 18.2 Å². The normalized spacial score (nSPS) is 12.3. The van der Waals surface area contributed by atoms with Gasteiger partial charge in [0, 0.05) is 25.0 Å². The van der Waals surface area contributed by atoms with Gasteiger partial charge in [-0.05, 0) is 38.1 Å². The van der Waals surface area contributed by atoms with Gasteiger partial charge in [-0.1, -0.05) is 19.1 Å². The minimum absolute atomic E-state index is 0.369. The third-order valence-corrected chi connectivity index (χ3v) is 3.40. The molecule has 2 rings (SSSR count). The highest BCUT2D eigenvalue weighted by Gasteiger charge is 2.05. The average molecular weight is 273 g/mol. The van der Waals surface area contributed by atoms with Crippen molar-refractivity contribution in [2.45, 2.75) is 40.0 Å². The monoisotopic (exact) mass is 273 g/mol. The van der Waals surface area contributed by atoms with Crippen LogP contribution in [0.5, 0.6) is 5.75 Å². The summed E-state index contributed by atoms with van der Waals surface area (Å²) in [6, 6.07) is 8.61. The highest BCUT2D eigenvalue weighted by atomic mass is 16.5. The van der Waals surface area contributed by atoms with Crippen LogP contribution in [0.2, 0.25) is 0 Å². The van der Waals surface area contributed by atoms with E-state index < -0.39 is 0 Å². The molecule has 1 aromatic carbocycles. The van der Waals surface area contributed by atoms with Gasteiger partial charge in [0.05, 0.1) is 0 Å². The Morgan fingerprint density at radius 3 is 2.65 bits per heavy atom. The summed E-state index contributed by atoms with van der Waals surface area (Å²) in [6.07, 6.45) is 3.78. The topological polar surface area (TPSA) is 39.1 Å². The molecule has 0 saturated heterocycles. The summed E-state index contributed by atoms with van der Waals surface area (Å²) in [4.78, 5) is 4.30. The quantitative estimate of drug-likeness (QED) is 0.842. The highest BCUT2D eigenvalue weighted by molar-refractivity contribution is 5.29. The number of aryl methyl sites for hydroxylation is 1.